The molecule has 1 fully saturated rings. The van der Waals surface area contributed by atoms with Gasteiger partial charge in [0.25, 0.3) is 0 Å². The van der Waals surface area contributed by atoms with Crippen molar-refractivity contribution >= 4 is 17.6 Å². The number of hydrogen-bond acceptors (Lipinski definition) is 5. The first-order valence-electron chi connectivity index (χ1n) is 10.8. The van der Waals surface area contributed by atoms with Crippen molar-refractivity contribution in [3.63, 3.8) is 0 Å². The SMILES string of the molecule is CC(C)N(C)[C@@H](C)C(=O)NC[C@H](C(=O)NCc1ccc(N)nc1)C1CCCCC1. The zero-order chi connectivity index (χ0) is 21.4. The number of nitrogens with zero attached hydrogens (tertiary/aromatic N) is 2. The van der Waals surface area contributed by atoms with Crippen molar-refractivity contribution in [1.82, 2.24) is 20.5 Å². The summed E-state index contributed by atoms with van der Waals surface area (Å²) < 4.78 is 0. The van der Waals surface area contributed by atoms with Crippen molar-refractivity contribution in [2.75, 3.05) is 19.3 Å². The molecular formula is C22H37N5O2. The number of carbonyl (C=O) groups is 2. The Kier molecular flexibility index (Phi) is 8.89. The van der Waals surface area contributed by atoms with Gasteiger partial charge in [-0.15, -0.1) is 0 Å². The van der Waals surface area contributed by atoms with E-state index >= 15 is 0 Å². The molecule has 29 heavy (non-hydrogen) atoms. The molecule has 0 spiro atoms. The highest BCUT2D eigenvalue weighted by Gasteiger charge is 2.30. The molecule has 162 valence electrons. The van der Waals surface area contributed by atoms with Gasteiger partial charge in [0.05, 0.1) is 12.0 Å². The normalized spacial score (nSPS) is 17.2. The summed E-state index contributed by atoms with van der Waals surface area (Å²) >= 11 is 0. The topological polar surface area (TPSA) is 100 Å². The molecule has 0 unspecified atom stereocenters. The molecule has 0 bridgehead atoms. The summed E-state index contributed by atoms with van der Waals surface area (Å²) in [6, 6.07) is 3.64. The maximum Gasteiger partial charge on any atom is 0.237 e. The Labute approximate surface area is 174 Å². The molecule has 0 aromatic carbocycles. The van der Waals surface area contributed by atoms with Crippen molar-refractivity contribution < 1.29 is 9.59 Å². The van der Waals surface area contributed by atoms with Crippen molar-refractivity contribution in [2.24, 2.45) is 11.8 Å². The Morgan fingerprint density at radius 3 is 2.41 bits per heavy atom. The molecule has 7 nitrogen and oxygen atoms in total. The zero-order valence-corrected chi connectivity index (χ0v) is 18.3. The molecule has 2 amide bonds. The van der Waals surface area contributed by atoms with Crippen LogP contribution in [0.2, 0.25) is 0 Å². The van der Waals surface area contributed by atoms with Gasteiger partial charge in [0.1, 0.15) is 5.82 Å². The van der Waals surface area contributed by atoms with Crippen LogP contribution in [0.5, 0.6) is 0 Å². The lowest BCUT2D eigenvalue weighted by atomic mass is 9.79. The summed E-state index contributed by atoms with van der Waals surface area (Å²) in [4.78, 5) is 31.7. The van der Waals surface area contributed by atoms with Gasteiger partial charge in [-0.1, -0.05) is 25.3 Å². The second kappa shape index (κ2) is 11.1. The van der Waals surface area contributed by atoms with Crippen LogP contribution in [0.25, 0.3) is 0 Å². The number of nitrogens with one attached hydrogen (secondary N) is 2. The first kappa shape index (κ1) is 23.1. The van der Waals surface area contributed by atoms with Crippen LogP contribution in [-0.2, 0) is 16.1 Å². The van der Waals surface area contributed by atoms with E-state index in [1.807, 2.05) is 24.9 Å². The molecule has 0 aliphatic heterocycles. The maximum atomic E-state index is 13.0. The lowest BCUT2D eigenvalue weighted by Crippen LogP contribution is -2.49. The average Bonchev–Trinajstić information content (AvgIpc) is 2.72. The van der Waals surface area contributed by atoms with Crippen LogP contribution in [0.4, 0.5) is 5.82 Å². The lowest BCUT2D eigenvalue weighted by molar-refractivity contribution is -0.129. The van der Waals surface area contributed by atoms with Gasteiger partial charge in [0.15, 0.2) is 0 Å². The number of hydrogen-bond donors (Lipinski definition) is 3. The van der Waals surface area contributed by atoms with Crippen molar-refractivity contribution in [3.05, 3.63) is 23.9 Å². The highest BCUT2D eigenvalue weighted by atomic mass is 16.2. The summed E-state index contributed by atoms with van der Waals surface area (Å²) in [6.45, 7) is 6.82. The fraction of sp³-hybridized carbons (Fsp3) is 0.682. The van der Waals surface area contributed by atoms with Crippen molar-refractivity contribution in [2.45, 2.75) is 71.5 Å². The number of nitrogen functional groups attached to an aromatic ring is 1. The van der Waals surface area contributed by atoms with Crippen LogP contribution >= 0.6 is 0 Å². The summed E-state index contributed by atoms with van der Waals surface area (Å²) in [6.07, 6.45) is 7.28. The predicted molar refractivity (Wildman–Crippen MR) is 116 cm³/mol. The minimum atomic E-state index is -0.231. The van der Waals surface area contributed by atoms with Gasteiger partial charge >= 0.3 is 0 Å². The highest BCUT2D eigenvalue weighted by molar-refractivity contribution is 5.83. The van der Waals surface area contributed by atoms with Crippen LogP contribution in [-0.4, -0.2) is 47.4 Å². The molecule has 1 aromatic heterocycles. The van der Waals surface area contributed by atoms with Crippen molar-refractivity contribution in [1.29, 1.82) is 0 Å². The number of anilines is 1. The fourth-order valence-electron chi connectivity index (χ4n) is 3.86. The largest absolute Gasteiger partial charge is 0.384 e. The molecular weight excluding hydrogens is 366 g/mol. The van der Waals surface area contributed by atoms with E-state index in [-0.39, 0.29) is 29.8 Å². The molecule has 1 aliphatic rings. The Morgan fingerprint density at radius 2 is 1.83 bits per heavy atom. The quantitative estimate of drug-likeness (QED) is 0.587. The molecule has 4 N–H and O–H groups in total. The van der Waals surface area contributed by atoms with E-state index < -0.39 is 0 Å². The van der Waals surface area contributed by atoms with Gasteiger partial charge < -0.3 is 16.4 Å². The number of amides is 2. The minimum Gasteiger partial charge on any atom is -0.384 e. The van der Waals surface area contributed by atoms with Gasteiger partial charge in [-0.2, -0.15) is 0 Å². The molecule has 1 heterocycles. The molecule has 2 rings (SSSR count). The number of nitrogens with two attached hydrogens (primary N) is 1. The first-order chi connectivity index (χ1) is 13.8. The van der Waals surface area contributed by atoms with Crippen LogP contribution in [0.3, 0.4) is 0 Å². The Hall–Kier alpha value is -2.15. The third-order valence-corrected chi connectivity index (χ3v) is 6.17. The van der Waals surface area contributed by atoms with Gasteiger partial charge in [0, 0.05) is 25.3 Å². The smallest absolute Gasteiger partial charge is 0.237 e. The third kappa shape index (κ3) is 6.99. The number of carbonyl (C=O) groups excluding carboxylic acids is 2. The predicted octanol–water partition coefficient (Wildman–Crippen LogP) is 2.32. The molecule has 1 aromatic rings. The van der Waals surface area contributed by atoms with Crippen molar-refractivity contribution in [3.8, 4) is 0 Å². The van der Waals surface area contributed by atoms with Gasteiger partial charge in [-0.05, 0) is 58.2 Å². The van der Waals surface area contributed by atoms with E-state index in [0.29, 0.717) is 24.8 Å². The minimum absolute atomic E-state index is 0.00103. The number of aromatic nitrogens is 1. The highest BCUT2D eigenvalue weighted by Crippen LogP contribution is 2.30. The van der Waals surface area contributed by atoms with E-state index in [1.54, 1.807) is 12.3 Å². The molecule has 7 heteroatoms. The van der Waals surface area contributed by atoms with E-state index in [2.05, 4.69) is 29.5 Å². The number of likely N-dealkylation sites (N-methyl/N-ethyl adjacent to an activating group) is 1. The third-order valence-electron chi connectivity index (χ3n) is 6.17. The van der Waals surface area contributed by atoms with Gasteiger partial charge in [-0.25, -0.2) is 4.98 Å². The van der Waals surface area contributed by atoms with E-state index in [1.165, 1.54) is 6.42 Å². The van der Waals surface area contributed by atoms with Crippen LogP contribution < -0.4 is 16.4 Å². The van der Waals surface area contributed by atoms with E-state index in [0.717, 1.165) is 31.2 Å². The monoisotopic (exact) mass is 403 g/mol. The number of pyridine rings is 1. The molecule has 0 saturated heterocycles. The zero-order valence-electron chi connectivity index (χ0n) is 18.3. The number of rotatable bonds is 9. The summed E-state index contributed by atoms with van der Waals surface area (Å²) in [7, 11) is 1.95. The summed E-state index contributed by atoms with van der Waals surface area (Å²) in [5, 5.41) is 6.06. The van der Waals surface area contributed by atoms with Crippen LogP contribution in [0.15, 0.2) is 18.3 Å². The molecule has 0 radical (unpaired) electrons. The van der Waals surface area contributed by atoms with Gasteiger partial charge in [-0.3, -0.25) is 14.5 Å². The van der Waals surface area contributed by atoms with Crippen LogP contribution in [0, 0.1) is 11.8 Å². The summed E-state index contributed by atoms with van der Waals surface area (Å²) in [5.41, 5.74) is 6.53. The Balaban J connectivity index is 1.97. The molecule has 1 aliphatic carbocycles. The molecule has 2 atom stereocenters. The maximum absolute atomic E-state index is 13.0. The summed E-state index contributed by atoms with van der Waals surface area (Å²) in [5.74, 6) is 0.532. The standard InChI is InChI=1S/C22H37N5O2/c1-15(2)27(4)16(3)21(28)26-14-19(18-8-6-5-7-9-18)22(29)25-13-17-10-11-20(23)24-12-17/h10-12,15-16,18-19H,5-9,13-14H2,1-4H3,(H2,23,24)(H,25,29)(H,26,28)/t16-,19-/m0/s1. The fourth-order valence-corrected chi connectivity index (χ4v) is 3.86. The average molecular weight is 404 g/mol. The van der Waals surface area contributed by atoms with Crippen LogP contribution in [0.1, 0.15) is 58.4 Å². The lowest BCUT2D eigenvalue weighted by Gasteiger charge is -2.31. The second-order valence-electron chi connectivity index (χ2n) is 8.49. The molecule has 1 saturated carbocycles. The Morgan fingerprint density at radius 1 is 1.14 bits per heavy atom. The van der Waals surface area contributed by atoms with E-state index in [4.69, 9.17) is 5.73 Å². The van der Waals surface area contributed by atoms with Gasteiger partial charge in [0.2, 0.25) is 11.8 Å². The Bertz CT molecular complexity index is 656. The van der Waals surface area contributed by atoms with E-state index in [9.17, 15) is 9.59 Å². The first-order valence-corrected chi connectivity index (χ1v) is 10.8. The second-order valence-corrected chi connectivity index (χ2v) is 8.49.